The number of nitrogens with zero attached hydrogens (tertiary/aromatic N) is 3. The van der Waals surface area contributed by atoms with Crippen molar-refractivity contribution in [3.63, 3.8) is 0 Å². The number of hydrogen-bond acceptors (Lipinski definition) is 5. The lowest BCUT2D eigenvalue weighted by Gasteiger charge is -2.05. The zero-order valence-corrected chi connectivity index (χ0v) is 13.1. The molecule has 2 aromatic carbocycles. The largest absolute Gasteiger partial charge is 0.618 e. The second-order valence-corrected chi connectivity index (χ2v) is 6.49. The minimum atomic E-state index is -3.84. The van der Waals surface area contributed by atoms with Crippen LogP contribution in [0.2, 0.25) is 0 Å². The normalized spacial score (nSPS) is 11.8. The Kier molecular flexibility index (Phi) is 4.00. The number of hydrazone groups is 1. The third kappa shape index (κ3) is 2.97. The molecule has 122 valence electrons. The smallest absolute Gasteiger partial charge is 0.302 e. The quantitative estimate of drug-likeness (QED) is 0.320. The van der Waals surface area contributed by atoms with Gasteiger partial charge in [-0.25, -0.2) is 0 Å². The van der Waals surface area contributed by atoms with Crippen molar-refractivity contribution in [1.29, 1.82) is 0 Å². The van der Waals surface area contributed by atoms with E-state index in [1.165, 1.54) is 24.3 Å². The van der Waals surface area contributed by atoms with E-state index < -0.39 is 10.0 Å². The van der Waals surface area contributed by atoms with Crippen molar-refractivity contribution in [2.24, 2.45) is 5.10 Å². The van der Waals surface area contributed by atoms with E-state index >= 15 is 0 Å². The average Bonchev–Trinajstić information content (AvgIpc) is 2.60. The minimum Gasteiger partial charge on any atom is -0.618 e. The molecule has 1 N–H and O–H groups in total. The summed E-state index contributed by atoms with van der Waals surface area (Å²) in [5.41, 5.74) is 0.261. The molecule has 0 bridgehead atoms. The molecule has 0 unspecified atom stereocenters. The predicted octanol–water partition coefficient (Wildman–Crippen LogP) is 0.419. The molecular formula is C15H12N4O4S. The SMILES string of the molecule is O=S(=O)(NN=Cc1c[n+]([O-])c2ccccc2[n+]1[O-])c1ccccc1. The van der Waals surface area contributed by atoms with Gasteiger partial charge in [0, 0.05) is 12.1 Å². The first-order chi connectivity index (χ1) is 11.5. The zero-order valence-electron chi connectivity index (χ0n) is 12.2. The maximum Gasteiger partial charge on any atom is 0.302 e. The lowest BCUT2D eigenvalue weighted by molar-refractivity contribution is -0.629. The third-order valence-electron chi connectivity index (χ3n) is 3.25. The summed E-state index contributed by atoms with van der Waals surface area (Å²) in [4.78, 5) is 2.03. The summed E-state index contributed by atoms with van der Waals surface area (Å²) in [6.45, 7) is 0. The molecule has 8 nitrogen and oxygen atoms in total. The summed E-state index contributed by atoms with van der Waals surface area (Å²) in [5.74, 6) is 0. The number of rotatable bonds is 4. The summed E-state index contributed by atoms with van der Waals surface area (Å²) in [5, 5.41) is 27.7. The molecule has 0 fully saturated rings. The summed E-state index contributed by atoms with van der Waals surface area (Å²) in [7, 11) is -3.84. The lowest BCUT2D eigenvalue weighted by atomic mass is 10.3. The number of sulfonamides is 1. The average molecular weight is 344 g/mol. The van der Waals surface area contributed by atoms with Gasteiger partial charge in [0.1, 0.15) is 6.21 Å². The van der Waals surface area contributed by atoms with Gasteiger partial charge in [-0.05, 0) is 12.1 Å². The van der Waals surface area contributed by atoms with Gasteiger partial charge < -0.3 is 10.4 Å². The number of hydrogen-bond donors (Lipinski definition) is 1. The lowest BCUT2D eigenvalue weighted by Crippen LogP contribution is -2.41. The van der Waals surface area contributed by atoms with Crippen LogP contribution in [0.4, 0.5) is 0 Å². The van der Waals surface area contributed by atoms with Gasteiger partial charge >= 0.3 is 5.69 Å². The Morgan fingerprint density at radius 1 is 0.958 bits per heavy atom. The first kappa shape index (κ1) is 15.7. The van der Waals surface area contributed by atoms with Gasteiger partial charge in [0.2, 0.25) is 0 Å². The topological polar surface area (TPSA) is 112 Å². The van der Waals surface area contributed by atoms with Crippen molar-refractivity contribution in [3.05, 3.63) is 76.9 Å². The van der Waals surface area contributed by atoms with E-state index in [9.17, 15) is 18.8 Å². The highest BCUT2D eigenvalue weighted by atomic mass is 32.2. The van der Waals surface area contributed by atoms with Crippen molar-refractivity contribution in [3.8, 4) is 0 Å². The van der Waals surface area contributed by atoms with Gasteiger partial charge in [-0.3, -0.25) is 0 Å². The van der Waals surface area contributed by atoms with Gasteiger partial charge in [-0.2, -0.15) is 27.8 Å². The molecule has 0 saturated carbocycles. The van der Waals surface area contributed by atoms with E-state index in [0.717, 1.165) is 12.4 Å². The number of para-hydroxylation sites is 2. The Bertz CT molecular complexity index is 1020. The molecule has 9 heteroatoms. The van der Waals surface area contributed by atoms with E-state index in [2.05, 4.69) is 5.10 Å². The Morgan fingerprint density at radius 3 is 2.29 bits per heavy atom. The molecule has 0 radical (unpaired) electrons. The van der Waals surface area contributed by atoms with Crippen LogP contribution in [0.25, 0.3) is 11.0 Å². The van der Waals surface area contributed by atoms with Gasteiger partial charge in [0.05, 0.1) is 4.90 Å². The summed E-state index contributed by atoms with van der Waals surface area (Å²) in [6.07, 6.45) is 2.00. The molecule has 3 aromatic rings. The molecule has 0 spiro atoms. The van der Waals surface area contributed by atoms with Crippen LogP contribution < -0.4 is 14.3 Å². The van der Waals surface area contributed by atoms with Gasteiger partial charge in [0.15, 0.2) is 0 Å². The van der Waals surface area contributed by atoms with Crippen LogP contribution in [0, 0.1) is 10.4 Å². The van der Waals surface area contributed by atoms with Crippen molar-refractivity contribution in [2.45, 2.75) is 4.90 Å². The zero-order chi connectivity index (χ0) is 17.2. The number of nitrogens with one attached hydrogen (secondary N) is 1. The molecule has 0 atom stereocenters. The van der Waals surface area contributed by atoms with Crippen LogP contribution in [0.1, 0.15) is 5.69 Å². The van der Waals surface area contributed by atoms with Crippen LogP contribution in [-0.2, 0) is 10.0 Å². The summed E-state index contributed by atoms with van der Waals surface area (Å²) < 4.78 is 25.0. The van der Waals surface area contributed by atoms with Gasteiger partial charge in [0.25, 0.3) is 27.3 Å². The highest BCUT2D eigenvalue weighted by Gasteiger charge is 2.18. The first-order valence-electron chi connectivity index (χ1n) is 6.83. The van der Waals surface area contributed by atoms with Crippen LogP contribution in [0.3, 0.4) is 0 Å². The summed E-state index contributed by atoms with van der Waals surface area (Å²) in [6, 6.07) is 13.9. The Morgan fingerprint density at radius 2 is 1.58 bits per heavy atom. The first-order valence-corrected chi connectivity index (χ1v) is 8.32. The number of fused-ring (bicyclic) bond motifs is 1. The van der Waals surface area contributed by atoms with Crippen molar-refractivity contribution in [2.75, 3.05) is 0 Å². The molecule has 0 amide bonds. The second kappa shape index (κ2) is 6.13. The fourth-order valence-corrected chi connectivity index (χ4v) is 2.92. The molecular weight excluding hydrogens is 332 g/mol. The molecule has 0 aliphatic rings. The standard InChI is InChI=1S/C15H12N4O4S/c20-18-11-12(19(21)15-9-5-4-8-14(15)18)10-16-17-24(22,23)13-6-2-1-3-7-13/h1-11,17H. The predicted molar refractivity (Wildman–Crippen MR) is 86.2 cm³/mol. The fraction of sp³-hybridized carbons (Fsp3) is 0. The maximum absolute atomic E-state index is 12.2. The highest BCUT2D eigenvalue weighted by molar-refractivity contribution is 7.89. The molecule has 0 aliphatic heterocycles. The fourth-order valence-electron chi connectivity index (χ4n) is 2.10. The van der Waals surface area contributed by atoms with Crippen molar-refractivity contribution < 1.29 is 17.9 Å². The van der Waals surface area contributed by atoms with Crippen LogP contribution >= 0.6 is 0 Å². The number of aromatic nitrogens is 2. The van der Waals surface area contributed by atoms with E-state index in [4.69, 9.17) is 0 Å². The molecule has 3 rings (SSSR count). The molecule has 0 aliphatic carbocycles. The van der Waals surface area contributed by atoms with E-state index in [1.807, 2.05) is 4.83 Å². The number of benzene rings is 2. The van der Waals surface area contributed by atoms with Crippen LogP contribution in [0.5, 0.6) is 0 Å². The Labute approximate surface area is 137 Å². The van der Waals surface area contributed by atoms with E-state index in [1.54, 1.807) is 30.3 Å². The molecule has 1 heterocycles. The van der Waals surface area contributed by atoms with E-state index in [0.29, 0.717) is 9.46 Å². The van der Waals surface area contributed by atoms with Crippen LogP contribution in [0.15, 0.2) is 70.8 Å². The highest BCUT2D eigenvalue weighted by Crippen LogP contribution is 2.07. The third-order valence-corrected chi connectivity index (χ3v) is 4.48. The van der Waals surface area contributed by atoms with Crippen LogP contribution in [-0.4, -0.2) is 14.6 Å². The van der Waals surface area contributed by atoms with Gasteiger partial charge in [-0.15, -0.1) is 0 Å². The van der Waals surface area contributed by atoms with E-state index in [-0.39, 0.29) is 21.6 Å². The maximum atomic E-state index is 12.2. The molecule has 24 heavy (non-hydrogen) atoms. The van der Waals surface area contributed by atoms with Crippen molar-refractivity contribution in [1.82, 2.24) is 4.83 Å². The minimum absolute atomic E-state index is 0.0366. The van der Waals surface area contributed by atoms with Crippen molar-refractivity contribution >= 4 is 27.3 Å². The monoisotopic (exact) mass is 344 g/mol. The molecule has 0 saturated heterocycles. The Balaban J connectivity index is 1.90. The summed E-state index contributed by atoms with van der Waals surface area (Å²) >= 11 is 0. The van der Waals surface area contributed by atoms with Gasteiger partial charge in [-0.1, -0.05) is 30.3 Å². The Hall–Kier alpha value is -3.20. The molecule has 1 aromatic heterocycles. The second-order valence-electron chi connectivity index (χ2n) is 4.83.